The van der Waals surface area contributed by atoms with Gasteiger partial charge in [-0.1, -0.05) is 0 Å². The van der Waals surface area contributed by atoms with E-state index in [1.54, 1.807) is 0 Å². The molecule has 0 saturated heterocycles. The first-order chi connectivity index (χ1) is 8.90. The number of rotatable bonds is 0. The van der Waals surface area contributed by atoms with E-state index in [-0.39, 0.29) is 5.91 Å². The van der Waals surface area contributed by atoms with E-state index in [4.69, 9.17) is 0 Å². The molecule has 19 heavy (non-hydrogen) atoms. The van der Waals surface area contributed by atoms with E-state index < -0.39 is 14.9 Å². The Bertz CT molecular complexity index is 537. The lowest BCUT2D eigenvalue weighted by atomic mass is 9.68. The lowest BCUT2D eigenvalue weighted by Crippen LogP contribution is -2.46. The van der Waals surface area contributed by atoms with Crippen LogP contribution in [-0.2, 0) is 11.2 Å². The Labute approximate surface area is 123 Å². The van der Waals surface area contributed by atoms with Crippen LogP contribution in [-0.4, -0.2) is 14.6 Å². The summed E-state index contributed by atoms with van der Waals surface area (Å²) in [7, 11) is 0. The van der Waals surface area contributed by atoms with Crippen LogP contribution in [0.3, 0.4) is 0 Å². The predicted octanol–water partition coefficient (Wildman–Crippen LogP) is 3.38. The fourth-order valence-electron chi connectivity index (χ4n) is 2.91. The fourth-order valence-corrected chi connectivity index (χ4v) is 3.45. The van der Waals surface area contributed by atoms with Crippen LogP contribution in [0.5, 0.6) is 0 Å². The summed E-state index contributed by atoms with van der Waals surface area (Å²) in [5.74, 6) is -0.0795. The molecule has 1 aromatic heterocycles. The topological polar surface area (TPSA) is 42.0 Å². The van der Waals surface area contributed by atoms with Gasteiger partial charge in [0, 0.05) is 0 Å². The molecule has 0 unspecified atom stereocenters. The molecule has 1 aromatic rings. The summed E-state index contributed by atoms with van der Waals surface area (Å²) in [4.78, 5) is 16.2. The summed E-state index contributed by atoms with van der Waals surface area (Å²) in [5, 5.41) is 2.73. The van der Waals surface area contributed by atoms with Crippen LogP contribution < -0.4 is 5.32 Å². The van der Waals surface area contributed by atoms with Gasteiger partial charge in [-0.25, -0.2) is 13.8 Å². The molecule has 2 aliphatic rings. The van der Waals surface area contributed by atoms with E-state index >= 15 is 0 Å². The van der Waals surface area contributed by atoms with Crippen molar-refractivity contribution in [1.29, 1.82) is 0 Å². The average Bonchev–Trinajstić information content (AvgIpc) is 2.35. The number of hydrogen-bond donors (Lipinski definition) is 1. The number of carbonyl (C=O) groups excluding carboxylic acids is 1. The molecule has 0 bridgehead atoms. The quantitative estimate of drug-likeness (QED) is 0.556. The van der Waals surface area contributed by atoms with Crippen molar-refractivity contribution < 1.29 is 13.6 Å². The standard InChI is InChI=1S/C13H13F2IN2O/c14-9-5-8-6-12(1-3-13(15,16)4-2-12)11(19)18-10(8)17-7-9/h5,7H,1-4,6H2,(H,17,18,19). The zero-order valence-electron chi connectivity index (χ0n) is 10.2. The highest BCUT2D eigenvalue weighted by Gasteiger charge is 2.48. The van der Waals surface area contributed by atoms with E-state index in [1.165, 1.54) is 6.07 Å². The smallest absolute Gasteiger partial charge is 0.232 e. The first-order valence-electron chi connectivity index (χ1n) is 6.24. The number of nitrogens with one attached hydrogen (secondary N) is 1. The van der Waals surface area contributed by atoms with Crippen molar-refractivity contribution in [2.45, 2.75) is 35.8 Å². The van der Waals surface area contributed by atoms with Crippen LogP contribution >= 0.6 is 22.6 Å². The molecular weight excluding hydrogens is 365 g/mol. The van der Waals surface area contributed by atoms with Gasteiger partial charge in [0.25, 0.3) is 0 Å². The summed E-state index contributed by atoms with van der Waals surface area (Å²) in [5.41, 5.74) is 0.114. The van der Waals surface area contributed by atoms with Crippen LogP contribution in [0.25, 0.3) is 0 Å². The van der Waals surface area contributed by atoms with Crippen LogP contribution in [0.1, 0.15) is 31.2 Å². The van der Waals surface area contributed by atoms with Crippen LogP contribution in [0.4, 0.5) is 14.6 Å². The van der Waals surface area contributed by atoms with E-state index in [0.29, 0.717) is 43.5 Å². The first kappa shape index (κ1) is 13.2. The second-order valence-corrected chi connectivity index (χ2v) is 7.36. The molecule has 1 N–H and O–H groups in total. The number of alkyl halides is 2. The maximum atomic E-state index is 13.9. The normalized spacial score (nSPS) is 33.9. The number of amides is 1. The van der Waals surface area contributed by atoms with Crippen LogP contribution in [0.15, 0.2) is 12.3 Å². The minimum absolute atomic E-state index is 0.106. The Morgan fingerprint density at radius 1 is 1.32 bits per heavy atom. The largest absolute Gasteiger partial charge is 0.310 e. The molecule has 1 fully saturated rings. The highest BCUT2D eigenvalue weighted by atomic mass is 127. The first-order valence-corrected chi connectivity index (χ1v) is 7.32. The molecule has 1 saturated carbocycles. The number of pyridine rings is 1. The second kappa shape index (κ2) is 4.36. The number of halogens is 3. The lowest BCUT2D eigenvalue weighted by Gasteiger charge is -2.42. The van der Waals surface area contributed by atoms with Crippen LogP contribution in [0, 0.1) is 11.2 Å². The van der Waals surface area contributed by atoms with Gasteiger partial charge in [-0.3, -0.25) is 4.79 Å². The van der Waals surface area contributed by atoms with Gasteiger partial charge in [0.05, 0.1) is 11.6 Å². The summed E-state index contributed by atoms with van der Waals surface area (Å²) < 4.78 is 25.9. The monoisotopic (exact) mass is 378 g/mol. The summed E-state index contributed by atoms with van der Waals surface area (Å²) in [6, 6.07) is 1.41. The Balaban J connectivity index is 1.91. The van der Waals surface area contributed by atoms with Gasteiger partial charge in [0.2, 0.25) is 5.91 Å². The number of carbonyl (C=O) groups is 1. The average molecular weight is 378 g/mol. The van der Waals surface area contributed by atoms with Crippen molar-refractivity contribution in [3.05, 3.63) is 23.6 Å². The molecular formula is C13H13F2IN2O. The summed E-state index contributed by atoms with van der Waals surface area (Å²) in [6.07, 6.45) is 3.25. The van der Waals surface area contributed by atoms with Crippen molar-refractivity contribution in [2.75, 3.05) is 5.32 Å². The second-order valence-electron chi connectivity index (χ2n) is 5.43. The maximum Gasteiger partial charge on any atom is 0.232 e. The molecule has 2 heterocycles. The molecule has 1 aliphatic heterocycles. The number of nitrogens with zero attached hydrogens (tertiary/aromatic N) is 1. The predicted molar refractivity (Wildman–Crippen MR) is 75.3 cm³/mol. The van der Waals surface area contributed by atoms with Gasteiger partial charge >= 0.3 is 0 Å². The van der Waals surface area contributed by atoms with Crippen molar-refractivity contribution in [2.24, 2.45) is 5.41 Å². The van der Waals surface area contributed by atoms with Crippen molar-refractivity contribution in [3.63, 3.8) is 0 Å². The number of anilines is 1. The Hall–Kier alpha value is -0.790. The van der Waals surface area contributed by atoms with Gasteiger partial charge in [-0.05, 0) is 66.3 Å². The molecule has 6 heteroatoms. The number of hydrogen-bond acceptors (Lipinski definition) is 2. The molecule has 0 atom stereocenters. The van der Waals surface area contributed by atoms with E-state index in [0.717, 1.165) is 6.20 Å². The number of fused-ring (bicyclic) bond motifs is 1. The Morgan fingerprint density at radius 3 is 2.68 bits per heavy atom. The summed E-state index contributed by atoms with van der Waals surface area (Å²) >= 11 is 1.81. The molecule has 1 spiro atoms. The molecule has 1 aliphatic carbocycles. The summed E-state index contributed by atoms with van der Waals surface area (Å²) in [6.45, 7) is 0. The molecule has 1 amide bonds. The minimum atomic E-state index is -1.22. The van der Waals surface area contributed by atoms with Crippen molar-refractivity contribution in [1.82, 2.24) is 4.98 Å². The molecule has 3 nitrogen and oxygen atoms in total. The van der Waals surface area contributed by atoms with E-state index in [9.17, 15) is 13.6 Å². The Morgan fingerprint density at radius 2 is 2.00 bits per heavy atom. The van der Waals surface area contributed by atoms with Gasteiger partial charge in [-0.2, -0.15) is 0 Å². The van der Waals surface area contributed by atoms with Gasteiger partial charge in [0.1, 0.15) is 11.6 Å². The minimum Gasteiger partial charge on any atom is -0.310 e. The SMILES string of the molecule is O=C1Nc2ncc(F)cc2CC12CCC(F)(I)CC2. The number of aromatic nitrogens is 1. The highest BCUT2D eigenvalue weighted by molar-refractivity contribution is 14.1. The fraction of sp³-hybridized carbons (Fsp3) is 0.538. The van der Waals surface area contributed by atoms with Crippen molar-refractivity contribution >= 4 is 34.3 Å². The Kier molecular flexibility index (Phi) is 3.03. The van der Waals surface area contributed by atoms with E-state index in [1.807, 2.05) is 22.6 Å². The zero-order valence-corrected chi connectivity index (χ0v) is 12.3. The molecule has 0 radical (unpaired) electrons. The van der Waals surface area contributed by atoms with Gasteiger partial charge in [-0.15, -0.1) is 0 Å². The van der Waals surface area contributed by atoms with Gasteiger partial charge in [0.15, 0.2) is 3.68 Å². The third-order valence-electron chi connectivity index (χ3n) is 4.11. The zero-order chi connectivity index (χ0) is 13.7. The van der Waals surface area contributed by atoms with Crippen molar-refractivity contribution in [3.8, 4) is 0 Å². The molecule has 102 valence electrons. The third kappa shape index (κ3) is 2.34. The highest BCUT2D eigenvalue weighted by Crippen LogP contribution is 2.50. The van der Waals surface area contributed by atoms with Gasteiger partial charge < -0.3 is 5.32 Å². The third-order valence-corrected chi connectivity index (χ3v) is 5.19. The maximum absolute atomic E-state index is 13.9. The molecule has 0 aromatic carbocycles. The lowest BCUT2D eigenvalue weighted by molar-refractivity contribution is -0.128. The molecule has 3 rings (SSSR count). The van der Waals surface area contributed by atoms with Crippen LogP contribution in [0.2, 0.25) is 0 Å². The van der Waals surface area contributed by atoms with E-state index in [2.05, 4.69) is 10.3 Å².